The van der Waals surface area contributed by atoms with Crippen molar-refractivity contribution in [1.82, 2.24) is 0 Å². The van der Waals surface area contributed by atoms with E-state index in [1.165, 1.54) is 11.1 Å². The second-order valence-electron chi connectivity index (χ2n) is 9.49. The molecule has 0 atom stereocenters. The molecule has 0 saturated carbocycles. The fraction of sp³-hybridized carbons (Fsp3) is 0.613. The largest absolute Gasteiger partial charge is 0.491 e. The first-order chi connectivity index (χ1) is 20.1. The van der Waals surface area contributed by atoms with Crippen LogP contribution >= 0.6 is 0 Å². The minimum atomic E-state index is -0.185. The number of hydrogen-bond acceptors (Lipinski definition) is 10. The molecule has 0 saturated heterocycles. The van der Waals surface area contributed by atoms with E-state index in [0.29, 0.717) is 92.5 Å². The van der Waals surface area contributed by atoms with Crippen LogP contribution < -0.4 is 9.47 Å². The smallest absolute Gasteiger partial charge is 0.119 e. The summed E-state index contributed by atoms with van der Waals surface area (Å²) in [5.41, 5.74) is 2.19. The summed E-state index contributed by atoms with van der Waals surface area (Å²) in [5, 5.41) is 17.3. The van der Waals surface area contributed by atoms with Gasteiger partial charge >= 0.3 is 0 Å². The van der Waals surface area contributed by atoms with E-state index in [4.69, 9.17) is 48.1 Å². The molecule has 0 spiro atoms. The summed E-state index contributed by atoms with van der Waals surface area (Å²) in [6.07, 6.45) is 0. The Hall–Kier alpha value is -2.28. The van der Waals surface area contributed by atoms with Gasteiger partial charge < -0.3 is 48.1 Å². The number of hydrogen-bond donors (Lipinski definition) is 2. The summed E-state index contributed by atoms with van der Waals surface area (Å²) >= 11 is 0. The van der Waals surface area contributed by atoms with E-state index in [2.05, 4.69) is 38.1 Å². The fourth-order valence-electron chi connectivity index (χ4n) is 3.75. The monoisotopic (exact) mass is 580 g/mol. The zero-order valence-corrected chi connectivity index (χ0v) is 24.6. The third-order valence-electron chi connectivity index (χ3n) is 6.10. The van der Waals surface area contributed by atoms with Crippen molar-refractivity contribution in [3.8, 4) is 11.5 Å². The standard InChI is InChI=1S/C31H48O10/c1-31(2,27-3-7-29(8-4-27)40-25-23-38-21-19-36-17-15-34-13-11-32)28-5-9-30(10-6-28)41-26-24-39-22-20-37-18-16-35-14-12-33/h3-10,32-33H,11-26H2,1-2H3. The molecular weight excluding hydrogens is 532 g/mol. The molecule has 41 heavy (non-hydrogen) atoms. The molecule has 2 aromatic rings. The topological polar surface area (TPSA) is 114 Å². The van der Waals surface area contributed by atoms with Gasteiger partial charge in [0.1, 0.15) is 24.7 Å². The van der Waals surface area contributed by atoms with Gasteiger partial charge in [0, 0.05) is 5.41 Å². The maximum Gasteiger partial charge on any atom is 0.119 e. The lowest BCUT2D eigenvalue weighted by Crippen LogP contribution is -2.19. The SMILES string of the molecule is CC(C)(c1ccc(OCCOCCOCCOCCO)cc1)c1ccc(OCCOCCOCCOCCO)cc1. The van der Waals surface area contributed by atoms with E-state index in [-0.39, 0.29) is 18.6 Å². The Morgan fingerprint density at radius 2 is 0.683 bits per heavy atom. The molecule has 2 aromatic carbocycles. The molecule has 10 heteroatoms. The summed E-state index contributed by atoms with van der Waals surface area (Å²) in [5.74, 6) is 1.60. The summed E-state index contributed by atoms with van der Waals surface area (Å²) in [6, 6.07) is 16.3. The van der Waals surface area contributed by atoms with Crippen LogP contribution in [-0.2, 0) is 33.8 Å². The maximum absolute atomic E-state index is 8.63. The highest BCUT2D eigenvalue weighted by Gasteiger charge is 2.23. The number of aliphatic hydroxyl groups excluding tert-OH is 2. The minimum Gasteiger partial charge on any atom is -0.491 e. The van der Waals surface area contributed by atoms with Gasteiger partial charge in [0.05, 0.1) is 92.5 Å². The van der Waals surface area contributed by atoms with E-state index in [1.807, 2.05) is 24.3 Å². The van der Waals surface area contributed by atoms with Crippen LogP contribution in [0.25, 0.3) is 0 Å². The summed E-state index contributed by atoms with van der Waals surface area (Å²) in [6.45, 7) is 10.9. The van der Waals surface area contributed by atoms with Crippen LogP contribution in [0, 0.1) is 0 Å². The first-order valence-electron chi connectivity index (χ1n) is 14.2. The molecule has 0 fully saturated rings. The Morgan fingerprint density at radius 1 is 0.415 bits per heavy atom. The Bertz CT molecular complexity index is 802. The zero-order chi connectivity index (χ0) is 29.4. The number of aliphatic hydroxyl groups is 2. The second kappa shape index (κ2) is 22.3. The first kappa shape index (κ1) is 34.9. The molecule has 2 N–H and O–H groups in total. The maximum atomic E-state index is 8.63. The van der Waals surface area contributed by atoms with Gasteiger partial charge in [-0.2, -0.15) is 0 Å². The lowest BCUT2D eigenvalue weighted by Gasteiger charge is -2.26. The number of benzene rings is 2. The van der Waals surface area contributed by atoms with Crippen molar-refractivity contribution < 1.29 is 48.1 Å². The van der Waals surface area contributed by atoms with Crippen molar-refractivity contribution in [1.29, 1.82) is 0 Å². The second-order valence-corrected chi connectivity index (χ2v) is 9.49. The van der Waals surface area contributed by atoms with E-state index >= 15 is 0 Å². The third kappa shape index (κ3) is 15.5. The Labute approximate surface area is 244 Å². The van der Waals surface area contributed by atoms with Gasteiger partial charge in [-0.05, 0) is 35.4 Å². The van der Waals surface area contributed by atoms with E-state index in [0.717, 1.165) is 11.5 Å². The molecule has 2 rings (SSSR count). The number of ether oxygens (including phenoxy) is 8. The van der Waals surface area contributed by atoms with E-state index in [9.17, 15) is 0 Å². The number of rotatable bonds is 26. The lowest BCUT2D eigenvalue weighted by molar-refractivity contribution is 0.00361. The van der Waals surface area contributed by atoms with Gasteiger partial charge in [0.2, 0.25) is 0 Å². The predicted octanol–water partition coefficient (Wildman–Crippen LogP) is 2.85. The molecule has 0 aliphatic rings. The van der Waals surface area contributed by atoms with Crippen LogP contribution in [0.5, 0.6) is 11.5 Å². The van der Waals surface area contributed by atoms with E-state index in [1.54, 1.807) is 0 Å². The van der Waals surface area contributed by atoms with Crippen molar-refractivity contribution in [2.45, 2.75) is 19.3 Å². The van der Waals surface area contributed by atoms with Crippen molar-refractivity contribution >= 4 is 0 Å². The van der Waals surface area contributed by atoms with Crippen LogP contribution in [0.4, 0.5) is 0 Å². The minimum absolute atomic E-state index is 0.0232. The summed E-state index contributed by atoms with van der Waals surface area (Å²) in [4.78, 5) is 0. The zero-order valence-electron chi connectivity index (χ0n) is 24.6. The van der Waals surface area contributed by atoms with Crippen molar-refractivity contribution in [2.75, 3.05) is 106 Å². The van der Waals surface area contributed by atoms with Crippen LogP contribution in [0.2, 0.25) is 0 Å². The Kier molecular flexibility index (Phi) is 19.0. The molecule has 0 aliphatic heterocycles. The van der Waals surface area contributed by atoms with Gasteiger partial charge in [0.15, 0.2) is 0 Å². The van der Waals surface area contributed by atoms with Gasteiger partial charge in [0.25, 0.3) is 0 Å². The first-order valence-corrected chi connectivity index (χ1v) is 14.2. The molecule has 0 heterocycles. The van der Waals surface area contributed by atoms with Crippen molar-refractivity contribution in [2.24, 2.45) is 0 Å². The van der Waals surface area contributed by atoms with Gasteiger partial charge in [-0.1, -0.05) is 38.1 Å². The average molecular weight is 581 g/mol. The third-order valence-corrected chi connectivity index (χ3v) is 6.10. The molecule has 0 bridgehead atoms. The fourth-order valence-corrected chi connectivity index (χ4v) is 3.75. The van der Waals surface area contributed by atoms with Gasteiger partial charge in [-0.3, -0.25) is 0 Å². The van der Waals surface area contributed by atoms with Crippen molar-refractivity contribution in [3.05, 3.63) is 59.7 Å². The average Bonchev–Trinajstić information content (AvgIpc) is 2.99. The highest BCUT2D eigenvalue weighted by molar-refractivity contribution is 5.41. The Morgan fingerprint density at radius 3 is 0.976 bits per heavy atom. The normalized spacial score (nSPS) is 11.6. The molecule has 0 aliphatic carbocycles. The molecule has 0 radical (unpaired) electrons. The van der Waals surface area contributed by atoms with Crippen molar-refractivity contribution in [3.63, 3.8) is 0 Å². The highest BCUT2D eigenvalue weighted by atomic mass is 16.6. The van der Waals surface area contributed by atoms with Crippen LogP contribution in [0.1, 0.15) is 25.0 Å². The summed E-state index contributed by atoms with van der Waals surface area (Å²) in [7, 11) is 0. The quantitative estimate of drug-likeness (QED) is 0.161. The molecule has 0 aromatic heterocycles. The molecule has 0 unspecified atom stereocenters. The molecule has 10 nitrogen and oxygen atoms in total. The summed E-state index contributed by atoms with van der Waals surface area (Å²) < 4.78 is 43.7. The van der Waals surface area contributed by atoms with Gasteiger partial charge in [-0.15, -0.1) is 0 Å². The molecular formula is C31H48O10. The van der Waals surface area contributed by atoms with Crippen LogP contribution in [0.3, 0.4) is 0 Å². The predicted molar refractivity (Wildman–Crippen MR) is 155 cm³/mol. The lowest BCUT2D eigenvalue weighted by atomic mass is 9.78. The highest BCUT2D eigenvalue weighted by Crippen LogP contribution is 2.33. The van der Waals surface area contributed by atoms with Gasteiger partial charge in [-0.25, -0.2) is 0 Å². The van der Waals surface area contributed by atoms with Crippen LogP contribution in [0.15, 0.2) is 48.5 Å². The van der Waals surface area contributed by atoms with Crippen LogP contribution in [-0.4, -0.2) is 116 Å². The van der Waals surface area contributed by atoms with E-state index < -0.39 is 0 Å². The Balaban J connectivity index is 1.60. The molecule has 0 amide bonds. The molecule has 232 valence electrons.